The van der Waals surface area contributed by atoms with E-state index in [9.17, 15) is 13.2 Å². The lowest BCUT2D eigenvalue weighted by atomic mass is 10.2. The molecule has 0 aliphatic rings. The summed E-state index contributed by atoms with van der Waals surface area (Å²) in [6, 6.07) is 2.36. The predicted octanol–water partition coefficient (Wildman–Crippen LogP) is 3.66. The van der Waals surface area contributed by atoms with Crippen LogP contribution in [0.4, 0.5) is 19.1 Å². The SMILES string of the molecule is Cc1cn(-c2ccc(C(F)(F)F)nc2)c(NCC(C)C)n1. The zero-order valence-corrected chi connectivity index (χ0v) is 12.1. The number of hydrogen-bond donors (Lipinski definition) is 1. The summed E-state index contributed by atoms with van der Waals surface area (Å²) in [6.45, 7) is 6.68. The van der Waals surface area contributed by atoms with Gasteiger partial charge in [-0.05, 0) is 25.0 Å². The van der Waals surface area contributed by atoms with Gasteiger partial charge >= 0.3 is 6.18 Å². The van der Waals surface area contributed by atoms with Crippen LogP contribution in [0.2, 0.25) is 0 Å². The molecule has 2 aromatic heterocycles. The minimum atomic E-state index is -4.43. The van der Waals surface area contributed by atoms with Gasteiger partial charge in [-0.3, -0.25) is 4.57 Å². The van der Waals surface area contributed by atoms with Gasteiger partial charge < -0.3 is 5.32 Å². The summed E-state index contributed by atoms with van der Waals surface area (Å²) >= 11 is 0. The first-order chi connectivity index (χ1) is 9.77. The molecule has 0 saturated heterocycles. The first-order valence-corrected chi connectivity index (χ1v) is 6.61. The van der Waals surface area contributed by atoms with Crippen LogP contribution < -0.4 is 5.32 Å². The van der Waals surface area contributed by atoms with Gasteiger partial charge in [-0.2, -0.15) is 13.2 Å². The van der Waals surface area contributed by atoms with E-state index >= 15 is 0 Å². The summed E-state index contributed by atoms with van der Waals surface area (Å²) in [5.74, 6) is 1.03. The number of anilines is 1. The normalized spacial score (nSPS) is 12.0. The van der Waals surface area contributed by atoms with Crippen LogP contribution in [0.1, 0.15) is 25.2 Å². The van der Waals surface area contributed by atoms with Crippen molar-refractivity contribution < 1.29 is 13.2 Å². The fourth-order valence-electron chi connectivity index (χ4n) is 1.81. The van der Waals surface area contributed by atoms with Crippen LogP contribution in [0.15, 0.2) is 24.5 Å². The van der Waals surface area contributed by atoms with E-state index in [-0.39, 0.29) is 0 Å². The molecule has 4 nitrogen and oxygen atoms in total. The molecule has 2 aromatic rings. The molecule has 2 rings (SSSR count). The van der Waals surface area contributed by atoms with Gasteiger partial charge in [0.05, 0.1) is 17.6 Å². The van der Waals surface area contributed by atoms with Crippen molar-refractivity contribution in [3.8, 4) is 5.69 Å². The third-order valence-corrected chi connectivity index (χ3v) is 2.81. The van der Waals surface area contributed by atoms with Crippen molar-refractivity contribution in [3.05, 3.63) is 35.9 Å². The van der Waals surface area contributed by atoms with Gasteiger partial charge in [0.1, 0.15) is 5.69 Å². The molecular weight excluding hydrogens is 281 g/mol. The number of rotatable bonds is 4. The molecule has 0 bridgehead atoms. The van der Waals surface area contributed by atoms with E-state index in [1.807, 2.05) is 6.92 Å². The van der Waals surface area contributed by atoms with Crippen molar-refractivity contribution in [1.29, 1.82) is 0 Å². The van der Waals surface area contributed by atoms with Gasteiger partial charge in [0.2, 0.25) is 5.95 Å². The number of alkyl halides is 3. The molecule has 2 heterocycles. The van der Waals surface area contributed by atoms with E-state index in [0.29, 0.717) is 17.6 Å². The maximum absolute atomic E-state index is 12.5. The largest absolute Gasteiger partial charge is 0.433 e. The number of nitrogens with one attached hydrogen (secondary N) is 1. The molecule has 0 radical (unpaired) electrons. The standard InChI is InChI=1S/C14H17F3N4/c1-9(2)6-19-13-20-10(3)8-21(13)11-4-5-12(18-7-11)14(15,16)17/h4-5,7-9H,6H2,1-3H3,(H,19,20). The second kappa shape index (κ2) is 5.75. The quantitative estimate of drug-likeness (QED) is 0.936. The number of halogens is 3. The van der Waals surface area contributed by atoms with Crippen molar-refractivity contribution in [2.45, 2.75) is 26.9 Å². The van der Waals surface area contributed by atoms with Crippen LogP contribution in [0.25, 0.3) is 5.69 Å². The highest BCUT2D eigenvalue weighted by Crippen LogP contribution is 2.28. The second-order valence-electron chi connectivity index (χ2n) is 5.25. The molecule has 0 aliphatic heterocycles. The fourth-order valence-corrected chi connectivity index (χ4v) is 1.81. The van der Waals surface area contributed by atoms with Crippen LogP contribution >= 0.6 is 0 Å². The van der Waals surface area contributed by atoms with Gasteiger partial charge in [0, 0.05) is 12.7 Å². The van der Waals surface area contributed by atoms with E-state index in [1.165, 1.54) is 12.3 Å². The molecule has 1 N–H and O–H groups in total. The molecule has 0 fully saturated rings. The van der Waals surface area contributed by atoms with Crippen LogP contribution in [-0.4, -0.2) is 21.1 Å². The zero-order chi connectivity index (χ0) is 15.6. The molecule has 21 heavy (non-hydrogen) atoms. The Morgan fingerprint density at radius 1 is 1.29 bits per heavy atom. The highest BCUT2D eigenvalue weighted by Gasteiger charge is 2.32. The summed E-state index contributed by atoms with van der Waals surface area (Å²) in [5, 5.41) is 3.18. The third-order valence-electron chi connectivity index (χ3n) is 2.81. The molecule has 0 aromatic carbocycles. The minimum absolute atomic E-state index is 0.432. The molecule has 7 heteroatoms. The Kier molecular flexibility index (Phi) is 4.20. The average Bonchev–Trinajstić information content (AvgIpc) is 2.77. The second-order valence-corrected chi connectivity index (χ2v) is 5.25. The maximum atomic E-state index is 12.5. The number of aromatic nitrogens is 3. The van der Waals surface area contributed by atoms with E-state index in [4.69, 9.17) is 0 Å². The summed E-state index contributed by atoms with van der Waals surface area (Å²) in [6.07, 6.45) is -1.47. The van der Waals surface area contributed by atoms with Crippen molar-refractivity contribution in [2.75, 3.05) is 11.9 Å². The van der Waals surface area contributed by atoms with Gasteiger partial charge in [0.15, 0.2) is 0 Å². The fraction of sp³-hybridized carbons (Fsp3) is 0.429. The zero-order valence-electron chi connectivity index (χ0n) is 12.1. The maximum Gasteiger partial charge on any atom is 0.433 e. The smallest absolute Gasteiger partial charge is 0.355 e. The van der Waals surface area contributed by atoms with Crippen molar-refractivity contribution in [3.63, 3.8) is 0 Å². The number of aryl methyl sites for hydroxylation is 1. The molecule has 114 valence electrons. The summed E-state index contributed by atoms with van der Waals surface area (Å²) in [7, 11) is 0. The van der Waals surface area contributed by atoms with Crippen LogP contribution in [-0.2, 0) is 6.18 Å². The highest BCUT2D eigenvalue weighted by atomic mass is 19.4. The molecule has 0 aliphatic carbocycles. The summed E-state index contributed by atoms with van der Waals surface area (Å²) in [4.78, 5) is 7.80. The lowest BCUT2D eigenvalue weighted by Gasteiger charge is -2.12. The molecule has 0 atom stereocenters. The number of imidazole rings is 1. The third kappa shape index (κ3) is 3.74. The minimum Gasteiger partial charge on any atom is -0.355 e. The van der Waals surface area contributed by atoms with Gasteiger partial charge in [-0.15, -0.1) is 0 Å². The Morgan fingerprint density at radius 2 is 2.00 bits per heavy atom. The van der Waals surface area contributed by atoms with E-state index in [1.54, 1.807) is 10.8 Å². The van der Waals surface area contributed by atoms with Crippen LogP contribution in [0.5, 0.6) is 0 Å². The Hall–Kier alpha value is -2.05. The van der Waals surface area contributed by atoms with E-state index in [0.717, 1.165) is 18.3 Å². The lowest BCUT2D eigenvalue weighted by molar-refractivity contribution is -0.141. The van der Waals surface area contributed by atoms with E-state index < -0.39 is 11.9 Å². The van der Waals surface area contributed by atoms with Crippen molar-refractivity contribution in [2.24, 2.45) is 5.92 Å². The first kappa shape index (κ1) is 15.3. The van der Waals surface area contributed by atoms with E-state index in [2.05, 4.69) is 29.1 Å². The molecule has 0 amide bonds. The molecule has 0 spiro atoms. The monoisotopic (exact) mass is 298 g/mol. The van der Waals surface area contributed by atoms with Crippen molar-refractivity contribution in [1.82, 2.24) is 14.5 Å². The first-order valence-electron chi connectivity index (χ1n) is 6.61. The highest BCUT2D eigenvalue weighted by molar-refractivity contribution is 5.42. The lowest BCUT2D eigenvalue weighted by Crippen LogP contribution is -2.12. The Morgan fingerprint density at radius 3 is 2.52 bits per heavy atom. The Balaban J connectivity index is 2.29. The van der Waals surface area contributed by atoms with Gasteiger partial charge in [0.25, 0.3) is 0 Å². The average molecular weight is 298 g/mol. The number of hydrogen-bond acceptors (Lipinski definition) is 3. The number of pyridine rings is 1. The predicted molar refractivity (Wildman–Crippen MR) is 74.4 cm³/mol. The van der Waals surface area contributed by atoms with Gasteiger partial charge in [-0.25, -0.2) is 9.97 Å². The molecule has 0 saturated carbocycles. The van der Waals surface area contributed by atoms with Gasteiger partial charge in [-0.1, -0.05) is 13.8 Å². The summed E-state index contributed by atoms with van der Waals surface area (Å²) < 4.78 is 39.3. The Bertz CT molecular complexity index is 600. The topological polar surface area (TPSA) is 42.7 Å². The molecular formula is C14H17F3N4. The van der Waals surface area contributed by atoms with Crippen molar-refractivity contribution >= 4 is 5.95 Å². The number of nitrogens with zero attached hydrogens (tertiary/aromatic N) is 3. The van der Waals surface area contributed by atoms with Crippen LogP contribution in [0, 0.1) is 12.8 Å². The summed E-state index contributed by atoms with van der Waals surface area (Å²) in [5.41, 5.74) is 0.413. The molecule has 0 unspecified atom stereocenters. The van der Waals surface area contributed by atoms with Crippen LogP contribution in [0.3, 0.4) is 0 Å². The Labute approximate surface area is 121 Å².